The van der Waals surface area contributed by atoms with E-state index in [2.05, 4.69) is 61.1 Å². The van der Waals surface area contributed by atoms with E-state index in [4.69, 9.17) is 11.6 Å². The molecule has 1 aromatic rings. The normalized spacial score (nSPS) is 12.5. The Hall–Kier alpha value is -0.310. The first-order chi connectivity index (χ1) is 8.90. The average Bonchev–Trinajstić information content (AvgIpc) is 2.31. The van der Waals surface area contributed by atoms with E-state index in [0.29, 0.717) is 11.8 Å². The van der Waals surface area contributed by atoms with E-state index >= 15 is 0 Å². The third-order valence-corrected chi connectivity index (χ3v) is 3.76. The van der Waals surface area contributed by atoms with Gasteiger partial charge in [0.1, 0.15) is 0 Å². The van der Waals surface area contributed by atoms with Crippen molar-refractivity contribution in [1.82, 2.24) is 5.32 Å². The van der Waals surface area contributed by atoms with E-state index in [1.807, 2.05) is 12.1 Å². The Morgan fingerprint density at radius 3 is 2.58 bits per heavy atom. The van der Waals surface area contributed by atoms with Gasteiger partial charge >= 0.3 is 0 Å². The summed E-state index contributed by atoms with van der Waals surface area (Å²) in [5.41, 5.74) is 2.45. The summed E-state index contributed by atoms with van der Waals surface area (Å²) in [4.78, 5) is 0. The second-order valence-corrected chi connectivity index (χ2v) is 6.89. The molecule has 0 saturated heterocycles. The third kappa shape index (κ3) is 6.11. The van der Waals surface area contributed by atoms with Crippen LogP contribution in [0.15, 0.2) is 28.2 Å². The fraction of sp³-hybridized carbons (Fsp3) is 0.500. The minimum atomic E-state index is 0.509. The fourth-order valence-corrected chi connectivity index (χ4v) is 2.30. The van der Waals surface area contributed by atoms with Gasteiger partial charge < -0.3 is 5.32 Å². The maximum atomic E-state index is 6.24. The largest absolute Gasteiger partial charge is 0.313 e. The molecule has 0 aliphatic rings. The van der Waals surface area contributed by atoms with Crippen molar-refractivity contribution in [2.75, 3.05) is 13.1 Å². The summed E-state index contributed by atoms with van der Waals surface area (Å²) in [5.74, 6) is 1.18. The van der Waals surface area contributed by atoms with Crippen molar-refractivity contribution in [1.29, 1.82) is 0 Å². The van der Waals surface area contributed by atoms with Gasteiger partial charge in [-0.1, -0.05) is 66.9 Å². The molecule has 1 aromatic carbocycles. The SMILES string of the molecule is CC(C)CNC/C(=C/c1cc(Br)ccc1Cl)C(C)C. The molecule has 0 heterocycles. The fourth-order valence-electron chi connectivity index (χ4n) is 1.75. The molecule has 0 aromatic heterocycles. The molecule has 19 heavy (non-hydrogen) atoms. The molecule has 0 unspecified atom stereocenters. The lowest BCUT2D eigenvalue weighted by atomic mass is 10.00. The van der Waals surface area contributed by atoms with Gasteiger partial charge in [-0.2, -0.15) is 0 Å². The van der Waals surface area contributed by atoms with Crippen LogP contribution in [0.1, 0.15) is 33.3 Å². The molecule has 1 N–H and O–H groups in total. The van der Waals surface area contributed by atoms with Gasteiger partial charge in [0, 0.05) is 16.0 Å². The smallest absolute Gasteiger partial charge is 0.0479 e. The van der Waals surface area contributed by atoms with Crippen LogP contribution < -0.4 is 5.32 Å². The van der Waals surface area contributed by atoms with Crippen LogP contribution >= 0.6 is 27.5 Å². The first-order valence-electron chi connectivity index (χ1n) is 6.76. The number of nitrogens with one attached hydrogen (secondary N) is 1. The molecule has 0 aliphatic heterocycles. The molecule has 0 bridgehead atoms. The Balaban J connectivity index is 2.85. The quantitative estimate of drug-likeness (QED) is 0.729. The summed E-state index contributed by atoms with van der Waals surface area (Å²) < 4.78 is 1.06. The highest BCUT2D eigenvalue weighted by Gasteiger charge is 2.06. The molecule has 106 valence electrons. The molecule has 0 fully saturated rings. The maximum absolute atomic E-state index is 6.24. The van der Waals surface area contributed by atoms with Crippen LogP contribution in [0.25, 0.3) is 6.08 Å². The molecular weight excluding hydrogens is 322 g/mol. The van der Waals surface area contributed by atoms with Crippen molar-refractivity contribution in [3.8, 4) is 0 Å². The average molecular weight is 345 g/mol. The van der Waals surface area contributed by atoms with Gasteiger partial charge in [-0.3, -0.25) is 0 Å². The Bertz CT molecular complexity index is 438. The topological polar surface area (TPSA) is 12.0 Å². The summed E-state index contributed by atoms with van der Waals surface area (Å²) in [7, 11) is 0. The van der Waals surface area contributed by atoms with E-state index in [1.165, 1.54) is 5.57 Å². The molecule has 0 aliphatic carbocycles. The summed E-state index contributed by atoms with van der Waals surface area (Å²) in [5, 5.41) is 4.29. The summed E-state index contributed by atoms with van der Waals surface area (Å²) in [6.45, 7) is 10.8. The zero-order chi connectivity index (χ0) is 14.4. The van der Waals surface area contributed by atoms with E-state index in [0.717, 1.165) is 28.1 Å². The highest BCUT2D eigenvalue weighted by atomic mass is 79.9. The van der Waals surface area contributed by atoms with Crippen LogP contribution in [0.4, 0.5) is 0 Å². The first-order valence-corrected chi connectivity index (χ1v) is 7.93. The Morgan fingerprint density at radius 1 is 1.32 bits per heavy atom. The van der Waals surface area contributed by atoms with Gasteiger partial charge in [0.25, 0.3) is 0 Å². The molecule has 3 heteroatoms. The molecule has 0 atom stereocenters. The van der Waals surface area contributed by atoms with Gasteiger partial charge in [-0.05, 0) is 42.1 Å². The minimum absolute atomic E-state index is 0.509. The second kappa shape index (κ2) is 8.08. The zero-order valence-electron chi connectivity index (χ0n) is 12.1. The van der Waals surface area contributed by atoms with Gasteiger partial charge in [0.15, 0.2) is 0 Å². The first kappa shape index (κ1) is 16.7. The Kier molecular flexibility index (Phi) is 7.12. The lowest BCUT2D eigenvalue weighted by molar-refractivity contribution is 0.558. The standard InChI is InChI=1S/C16H23BrClN/c1-11(2)9-19-10-14(12(3)4)7-13-8-15(17)5-6-16(13)18/h5-8,11-12,19H,9-10H2,1-4H3/b14-7-. The monoisotopic (exact) mass is 343 g/mol. The predicted octanol–water partition coefficient (Wildman–Crippen LogP) is 5.39. The van der Waals surface area contributed by atoms with Crippen LogP contribution in [-0.4, -0.2) is 13.1 Å². The Morgan fingerprint density at radius 2 is 2.00 bits per heavy atom. The molecule has 0 amide bonds. The number of hydrogen-bond acceptors (Lipinski definition) is 1. The third-order valence-electron chi connectivity index (χ3n) is 2.92. The highest BCUT2D eigenvalue weighted by molar-refractivity contribution is 9.10. The van der Waals surface area contributed by atoms with Crippen LogP contribution in [-0.2, 0) is 0 Å². The molecule has 0 spiro atoms. The highest BCUT2D eigenvalue weighted by Crippen LogP contribution is 2.24. The van der Waals surface area contributed by atoms with Crippen LogP contribution in [0, 0.1) is 11.8 Å². The minimum Gasteiger partial charge on any atom is -0.313 e. The van der Waals surface area contributed by atoms with Crippen molar-refractivity contribution in [2.24, 2.45) is 11.8 Å². The molecule has 1 nitrogen and oxygen atoms in total. The van der Waals surface area contributed by atoms with Crippen molar-refractivity contribution >= 4 is 33.6 Å². The van der Waals surface area contributed by atoms with Gasteiger partial charge in [-0.25, -0.2) is 0 Å². The number of hydrogen-bond donors (Lipinski definition) is 1. The second-order valence-electron chi connectivity index (χ2n) is 5.56. The van der Waals surface area contributed by atoms with Crippen LogP contribution in [0.2, 0.25) is 5.02 Å². The number of rotatable bonds is 6. The Labute approximate surface area is 130 Å². The molecule has 1 rings (SSSR count). The van der Waals surface area contributed by atoms with E-state index < -0.39 is 0 Å². The molecule has 0 radical (unpaired) electrons. The van der Waals surface area contributed by atoms with E-state index in [-0.39, 0.29) is 0 Å². The van der Waals surface area contributed by atoms with Gasteiger partial charge in [-0.15, -0.1) is 0 Å². The van der Waals surface area contributed by atoms with Crippen LogP contribution in [0.3, 0.4) is 0 Å². The number of benzene rings is 1. The van der Waals surface area contributed by atoms with E-state index in [1.54, 1.807) is 0 Å². The summed E-state index contributed by atoms with van der Waals surface area (Å²) in [6.07, 6.45) is 2.20. The van der Waals surface area contributed by atoms with Crippen molar-refractivity contribution in [2.45, 2.75) is 27.7 Å². The lowest BCUT2D eigenvalue weighted by Gasteiger charge is -2.14. The lowest BCUT2D eigenvalue weighted by Crippen LogP contribution is -2.23. The predicted molar refractivity (Wildman–Crippen MR) is 89.7 cm³/mol. The maximum Gasteiger partial charge on any atom is 0.0479 e. The van der Waals surface area contributed by atoms with Crippen molar-refractivity contribution in [3.05, 3.63) is 38.8 Å². The zero-order valence-corrected chi connectivity index (χ0v) is 14.5. The van der Waals surface area contributed by atoms with E-state index in [9.17, 15) is 0 Å². The molecule has 0 saturated carbocycles. The summed E-state index contributed by atoms with van der Waals surface area (Å²) in [6, 6.07) is 5.95. The molecular formula is C16H23BrClN. The number of halogens is 2. The van der Waals surface area contributed by atoms with Crippen molar-refractivity contribution in [3.63, 3.8) is 0 Å². The van der Waals surface area contributed by atoms with Crippen LogP contribution in [0.5, 0.6) is 0 Å². The summed E-state index contributed by atoms with van der Waals surface area (Å²) >= 11 is 9.74. The van der Waals surface area contributed by atoms with Gasteiger partial charge in [0.2, 0.25) is 0 Å². The van der Waals surface area contributed by atoms with Gasteiger partial charge in [0.05, 0.1) is 0 Å². The van der Waals surface area contributed by atoms with Crippen molar-refractivity contribution < 1.29 is 0 Å².